The summed E-state index contributed by atoms with van der Waals surface area (Å²) in [5.41, 5.74) is 3.01. The molecule has 0 saturated carbocycles. The lowest BCUT2D eigenvalue weighted by molar-refractivity contribution is 0.969. The molecule has 4 heteroatoms. The maximum atomic E-state index is 8.86. The van der Waals surface area contributed by atoms with Gasteiger partial charge in [0.2, 0.25) is 0 Å². The number of aromatic nitrogens is 2. The molecule has 1 heterocycles. The first-order valence-corrected chi connectivity index (χ1v) is 6.23. The van der Waals surface area contributed by atoms with Crippen molar-refractivity contribution < 1.29 is 0 Å². The first-order valence-electron chi connectivity index (χ1n) is 6.23. The second-order valence-corrected chi connectivity index (χ2v) is 4.40. The monoisotopic (exact) mass is 252 g/mol. The van der Waals surface area contributed by atoms with Crippen LogP contribution in [0.1, 0.15) is 22.6 Å². The van der Waals surface area contributed by atoms with Crippen LogP contribution in [0.5, 0.6) is 0 Å². The van der Waals surface area contributed by atoms with Crippen LogP contribution in [0.25, 0.3) is 0 Å². The Balaban J connectivity index is 1.98. The van der Waals surface area contributed by atoms with Crippen molar-refractivity contribution in [2.24, 2.45) is 0 Å². The topological polar surface area (TPSA) is 61.6 Å². The highest BCUT2D eigenvalue weighted by Gasteiger charge is 2.01. The molecule has 1 aromatic carbocycles. The van der Waals surface area contributed by atoms with Crippen LogP contribution in [0.4, 0.5) is 5.82 Å². The van der Waals surface area contributed by atoms with Gasteiger partial charge in [-0.05, 0) is 31.4 Å². The summed E-state index contributed by atoms with van der Waals surface area (Å²) in [7, 11) is 0. The number of benzene rings is 1. The highest BCUT2D eigenvalue weighted by molar-refractivity contribution is 5.40. The summed E-state index contributed by atoms with van der Waals surface area (Å²) in [6.45, 7) is 4.68. The van der Waals surface area contributed by atoms with Crippen LogP contribution in [-0.4, -0.2) is 16.5 Å². The van der Waals surface area contributed by atoms with Crippen molar-refractivity contribution >= 4 is 5.82 Å². The summed E-state index contributed by atoms with van der Waals surface area (Å²) in [6, 6.07) is 12.0. The van der Waals surface area contributed by atoms with E-state index in [-0.39, 0.29) is 0 Å². The van der Waals surface area contributed by atoms with Crippen molar-refractivity contribution in [3.63, 3.8) is 0 Å². The quantitative estimate of drug-likeness (QED) is 0.908. The molecule has 19 heavy (non-hydrogen) atoms. The number of nitrogens with one attached hydrogen (secondary N) is 1. The molecule has 0 aliphatic carbocycles. The molecular weight excluding hydrogens is 236 g/mol. The average molecular weight is 252 g/mol. The first-order chi connectivity index (χ1) is 9.19. The number of hydrogen-bond acceptors (Lipinski definition) is 4. The molecular formula is C15H16N4. The van der Waals surface area contributed by atoms with Gasteiger partial charge in [0.25, 0.3) is 0 Å². The maximum absolute atomic E-state index is 8.86. The summed E-state index contributed by atoms with van der Waals surface area (Å²) in [5, 5.41) is 12.1. The van der Waals surface area contributed by atoms with Gasteiger partial charge in [0, 0.05) is 12.6 Å². The molecule has 0 aliphatic rings. The lowest BCUT2D eigenvalue weighted by Crippen LogP contribution is -2.08. The van der Waals surface area contributed by atoms with Crippen molar-refractivity contribution in [3.05, 3.63) is 53.0 Å². The molecule has 96 valence electrons. The van der Waals surface area contributed by atoms with Crippen LogP contribution in [0.2, 0.25) is 0 Å². The van der Waals surface area contributed by atoms with E-state index in [4.69, 9.17) is 5.26 Å². The van der Waals surface area contributed by atoms with Gasteiger partial charge in [0.1, 0.15) is 23.4 Å². The van der Waals surface area contributed by atoms with Crippen LogP contribution < -0.4 is 5.32 Å². The number of hydrogen-bond donors (Lipinski definition) is 1. The summed E-state index contributed by atoms with van der Waals surface area (Å²) in [5.74, 6) is 1.31. The van der Waals surface area contributed by atoms with Crippen molar-refractivity contribution in [1.82, 2.24) is 9.97 Å². The zero-order chi connectivity index (χ0) is 13.7. The van der Waals surface area contributed by atoms with Crippen LogP contribution in [0, 0.1) is 25.2 Å². The van der Waals surface area contributed by atoms with Gasteiger partial charge < -0.3 is 5.32 Å². The second kappa shape index (κ2) is 5.96. The summed E-state index contributed by atoms with van der Waals surface area (Å²) in [4.78, 5) is 8.28. The number of anilines is 1. The van der Waals surface area contributed by atoms with Gasteiger partial charge in [-0.25, -0.2) is 9.97 Å². The Hall–Kier alpha value is -2.41. The summed E-state index contributed by atoms with van der Waals surface area (Å²) < 4.78 is 0. The van der Waals surface area contributed by atoms with Crippen LogP contribution >= 0.6 is 0 Å². The Bertz CT molecular complexity index is 614. The number of nitrogens with zero attached hydrogens (tertiary/aromatic N) is 3. The predicted octanol–water partition coefficient (Wildman–Crippen LogP) is 2.62. The third-order valence-electron chi connectivity index (χ3n) is 2.91. The van der Waals surface area contributed by atoms with Crippen molar-refractivity contribution in [3.8, 4) is 6.07 Å². The highest BCUT2D eigenvalue weighted by atomic mass is 15.0. The average Bonchev–Trinajstić information content (AvgIpc) is 2.40. The SMILES string of the molecule is Cc1nc(C#N)cc(NCCc2ccccc2C)n1. The maximum Gasteiger partial charge on any atom is 0.146 e. The van der Waals surface area contributed by atoms with Gasteiger partial charge in [0.15, 0.2) is 0 Å². The second-order valence-electron chi connectivity index (χ2n) is 4.40. The minimum absolute atomic E-state index is 0.394. The van der Waals surface area contributed by atoms with Gasteiger partial charge in [-0.1, -0.05) is 24.3 Å². The minimum Gasteiger partial charge on any atom is -0.370 e. The van der Waals surface area contributed by atoms with Crippen LogP contribution in [0.3, 0.4) is 0 Å². The van der Waals surface area contributed by atoms with Crippen LogP contribution in [0.15, 0.2) is 30.3 Å². The molecule has 0 amide bonds. The third kappa shape index (κ3) is 3.52. The lowest BCUT2D eigenvalue weighted by Gasteiger charge is -2.08. The molecule has 1 N–H and O–H groups in total. The van der Waals surface area contributed by atoms with Crippen molar-refractivity contribution in [1.29, 1.82) is 5.26 Å². The molecule has 0 spiro atoms. The Morgan fingerprint density at radius 3 is 2.74 bits per heavy atom. The molecule has 0 fully saturated rings. The Morgan fingerprint density at radius 2 is 2.00 bits per heavy atom. The molecule has 2 rings (SSSR count). The van der Waals surface area contributed by atoms with Gasteiger partial charge >= 0.3 is 0 Å². The molecule has 0 aliphatic heterocycles. The standard InChI is InChI=1S/C15H16N4/c1-11-5-3-4-6-13(11)7-8-17-15-9-14(10-16)18-12(2)19-15/h3-6,9H,7-8H2,1-2H3,(H,17,18,19). The van der Waals surface area contributed by atoms with E-state index in [9.17, 15) is 0 Å². The fourth-order valence-corrected chi connectivity index (χ4v) is 1.93. The van der Waals surface area contributed by atoms with Crippen molar-refractivity contribution in [2.45, 2.75) is 20.3 Å². The largest absolute Gasteiger partial charge is 0.370 e. The molecule has 0 saturated heterocycles. The smallest absolute Gasteiger partial charge is 0.146 e. The first kappa shape index (κ1) is 13.0. The molecule has 0 bridgehead atoms. The van der Waals surface area contributed by atoms with E-state index in [1.807, 2.05) is 18.2 Å². The number of aryl methyl sites for hydroxylation is 2. The van der Waals surface area contributed by atoms with Gasteiger partial charge in [-0.3, -0.25) is 0 Å². The molecule has 0 unspecified atom stereocenters. The molecule has 0 radical (unpaired) electrons. The van der Waals surface area contributed by atoms with Gasteiger partial charge in [0.05, 0.1) is 0 Å². The summed E-state index contributed by atoms with van der Waals surface area (Å²) >= 11 is 0. The fraction of sp³-hybridized carbons (Fsp3) is 0.267. The van der Waals surface area contributed by atoms with E-state index >= 15 is 0 Å². The molecule has 0 atom stereocenters. The molecule has 2 aromatic rings. The van der Waals surface area contributed by atoms with E-state index < -0.39 is 0 Å². The normalized spacial score (nSPS) is 9.95. The number of nitriles is 1. The van der Waals surface area contributed by atoms with E-state index in [0.717, 1.165) is 13.0 Å². The highest BCUT2D eigenvalue weighted by Crippen LogP contribution is 2.09. The Morgan fingerprint density at radius 1 is 1.21 bits per heavy atom. The summed E-state index contributed by atoms with van der Waals surface area (Å²) in [6.07, 6.45) is 0.928. The predicted molar refractivity (Wildman–Crippen MR) is 74.9 cm³/mol. The molecule has 4 nitrogen and oxygen atoms in total. The minimum atomic E-state index is 0.394. The van der Waals surface area contributed by atoms with E-state index in [2.05, 4.69) is 34.3 Å². The van der Waals surface area contributed by atoms with E-state index in [0.29, 0.717) is 17.3 Å². The zero-order valence-corrected chi connectivity index (χ0v) is 11.1. The van der Waals surface area contributed by atoms with Gasteiger partial charge in [-0.15, -0.1) is 0 Å². The zero-order valence-electron chi connectivity index (χ0n) is 11.1. The number of rotatable bonds is 4. The van der Waals surface area contributed by atoms with Crippen LogP contribution in [-0.2, 0) is 6.42 Å². The Labute approximate surface area is 113 Å². The van der Waals surface area contributed by atoms with E-state index in [1.54, 1.807) is 13.0 Å². The third-order valence-corrected chi connectivity index (χ3v) is 2.91. The Kier molecular flexibility index (Phi) is 4.09. The van der Waals surface area contributed by atoms with Gasteiger partial charge in [-0.2, -0.15) is 5.26 Å². The lowest BCUT2D eigenvalue weighted by atomic mass is 10.1. The fourth-order valence-electron chi connectivity index (χ4n) is 1.93. The van der Waals surface area contributed by atoms with Crippen molar-refractivity contribution in [2.75, 3.05) is 11.9 Å². The molecule has 1 aromatic heterocycles. The van der Waals surface area contributed by atoms with E-state index in [1.165, 1.54) is 11.1 Å².